The van der Waals surface area contributed by atoms with Crippen molar-refractivity contribution in [1.29, 1.82) is 0 Å². The lowest BCUT2D eigenvalue weighted by molar-refractivity contribution is -0.144. The van der Waals surface area contributed by atoms with Crippen molar-refractivity contribution in [2.45, 2.75) is 98.6 Å². The monoisotopic (exact) mass is 578 g/mol. The van der Waals surface area contributed by atoms with Crippen molar-refractivity contribution in [1.82, 2.24) is 0 Å². The summed E-state index contributed by atoms with van der Waals surface area (Å²) in [6.07, 6.45) is 7.22. The Balaban J connectivity index is 2.08. The molecule has 0 bridgehead atoms. The summed E-state index contributed by atoms with van der Waals surface area (Å²) in [5.41, 5.74) is 2.48. The Hall–Kier alpha value is -2.47. The van der Waals surface area contributed by atoms with Crippen molar-refractivity contribution in [2.24, 2.45) is 11.8 Å². The molecule has 0 aliphatic heterocycles. The predicted octanol–water partition coefficient (Wildman–Crippen LogP) is 7.60. The van der Waals surface area contributed by atoms with E-state index in [4.69, 9.17) is 9.16 Å². The van der Waals surface area contributed by atoms with Gasteiger partial charge in [0.15, 0.2) is 0 Å². The van der Waals surface area contributed by atoms with Crippen molar-refractivity contribution >= 4 is 24.7 Å². The number of hydrogen-bond donors (Lipinski definition) is 1. The number of rotatable bonds is 16. The summed E-state index contributed by atoms with van der Waals surface area (Å²) in [5, 5.41) is 12.8. The van der Waals surface area contributed by atoms with E-state index >= 15 is 0 Å². The largest absolute Gasteiger partial charge is 0.466 e. The Morgan fingerprint density at radius 1 is 0.927 bits per heavy atom. The number of carbonyl (C=O) groups excluding carboxylic acids is 1. The number of aliphatic hydroxyl groups is 1. The summed E-state index contributed by atoms with van der Waals surface area (Å²) in [4.78, 5) is 11.6. The van der Waals surface area contributed by atoms with Crippen LogP contribution in [0.3, 0.4) is 0 Å². The van der Waals surface area contributed by atoms with Crippen LogP contribution in [0.25, 0.3) is 0 Å². The van der Waals surface area contributed by atoms with Crippen molar-refractivity contribution in [3.05, 3.63) is 84.0 Å². The fourth-order valence-electron chi connectivity index (χ4n) is 5.53. The molecule has 0 aromatic heterocycles. The van der Waals surface area contributed by atoms with Gasteiger partial charge < -0.3 is 14.3 Å². The van der Waals surface area contributed by atoms with Gasteiger partial charge in [-0.15, -0.1) is 0 Å². The van der Waals surface area contributed by atoms with E-state index in [2.05, 4.69) is 108 Å². The molecule has 0 saturated carbocycles. The van der Waals surface area contributed by atoms with E-state index < -0.39 is 14.4 Å². The van der Waals surface area contributed by atoms with E-state index in [1.807, 2.05) is 6.92 Å². The van der Waals surface area contributed by atoms with Gasteiger partial charge in [0.05, 0.1) is 19.1 Å². The van der Waals surface area contributed by atoms with Crippen LogP contribution >= 0.6 is 0 Å². The van der Waals surface area contributed by atoms with Gasteiger partial charge in [0, 0.05) is 6.61 Å². The molecular formula is C36H54O4Si. The number of esters is 1. The Morgan fingerprint density at radius 2 is 1.49 bits per heavy atom. The second-order valence-electron chi connectivity index (χ2n) is 12.7. The number of ether oxygens (including phenoxy) is 1. The van der Waals surface area contributed by atoms with E-state index in [1.54, 1.807) is 13.0 Å². The molecule has 2 atom stereocenters. The standard InChI is InChI=1S/C36H54O4Si/c1-9-39-35(38)26-32(37)25-30(5)18-16-17-29(4)23-24-31(28(2)3)27-40-41(36(6,7)8,33-19-12-10-13-20-33)34-21-14-11-15-22-34/h10-15,17,19-22,25,28,31-32,37H,9,16,18,23-24,26-27H2,1-8H3/b29-17+,30-25+. The first-order valence-corrected chi connectivity index (χ1v) is 17.2. The fraction of sp³-hybridized carbons (Fsp3) is 0.528. The Kier molecular flexibility index (Phi) is 14.3. The predicted molar refractivity (Wildman–Crippen MR) is 175 cm³/mol. The van der Waals surface area contributed by atoms with Gasteiger partial charge in [0.2, 0.25) is 0 Å². The van der Waals surface area contributed by atoms with Crippen molar-refractivity contribution in [3.63, 3.8) is 0 Å². The van der Waals surface area contributed by atoms with Crippen molar-refractivity contribution in [2.75, 3.05) is 13.2 Å². The minimum atomic E-state index is -2.55. The zero-order chi connectivity index (χ0) is 30.5. The fourth-order valence-corrected chi connectivity index (χ4v) is 10.1. The Morgan fingerprint density at radius 3 is 1.98 bits per heavy atom. The molecule has 1 N–H and O–H groups in total. The normalized spacial score (nSPS) is 14.7. The second-order valence-corrected chi connectivity index (χ2v) is 17.0. The highest BCUT2D eigenvalue weighted by atomic mass is 28.4. The lowest BCUT2D eigenvalue weighted by Gasteiger charge is -2.44. The summed E-state index contributed by atoms with van der Waals surface area (Å²) >= 11 is 0. The van der Waals surface area contributed by atoms with Crippen molar-refractivity contribution < 1.29 is 19.1 Å². The quantitative estimate of drug-likeness (QED) is 0.127. The maximum atomic E-state index is 11.6. The minimum Gasteiger partial charge on any atom is -0.466 e. The SMILES string of the molecule is CCOC(=O)CC(O)/C=C(\C)CC/C=C(\C)CCC(CO[Si](c1ccccc1)(c1ccccc1)C(C)(C)C)C(C)C. The number of carbonyl (C=O) groups is 1. The Bertz CT molecular complexity index is 1060. The second kappa shape index (κ2) is 16.8. The lowest BCUT2D eigenvalue weighted by atomic mass is 9.90. The summed E-state index contributed by atoms with van der Waals surface area (Å²) in [6, 6.07) is 21.8. The topological polar surface area (TPSA) is 55.8 Å². The average Bonchev–Trinajstić information content (AvgIpc) is 2.90. The zero-order valence-electron chi connectivity index (χ0n) is 26.8. The molecule has 2 rings (SSSR count). The molecule has 0 radical (unpaired) electrons. The highest BCUT2D eigenvalue weighted by Crippen LogP contribution is 2.37. The van der Waals surface area contributed by atoms with Gasteiger partial charge in [-0.3, -0.25) is 4.79 Å². The van der Waals surface area contributed by atoms with Gasteiger partial charge in [0.1, 0.15) is 0 Å². The van der Waals surface area contributed by atoms with Crippen LogP contribution in [0.1, 0.15) is 87.5 Å². The first-order chi connectivity index (χ1) is 19.4. The van der Waals surface area contributed by atoms with Crippen LogP contribution in [0, 0.1) is 11.8 Å². The van der Waals surface area contributed by atoms with Crippen LogP contribution in [0.4, 0.5) is 0 Å². The van der Waals surface area contributed by atoms with Crippen LogP contribution in [0.15, 0.2) is 84.0 Å². The van der Waals surface area contributed by atoms with E-state index in [-0.39, 0.29) is 17.4 Å². The third kappa shape index (κ3) is 10.7. The van der Waals surface area contributed by atoms with E-state index in [0.717, 1.165) is 37.9 Å². The molecule has 0 saturated heterocycles. The van der Waals surface area contributed by atoms with Gasteiger partial charge in [-0.05, 0) is 73.7 Å². The molecule has 2 unspecified atom stereocenters. The van der Waals surface area contributed by atoms with Gasteiger partial charge in [-0.25, -0.2) is 0 Å². The van der Waals surface area contributed by atoms with Crippen LogP contribution < -0.4 is 10.4 Å². The number of allylic oxidation sites excluding steroid dienone is 3. The molecule has 0 spiro atoms. The molecule has 0 aliphatic rings. The molecule has 2 aromatic rings. The molecule has 4 nitrogen and oxygen atoms in total. The molecule has 41 heavy (non-hydrogen) atoms. The maximum absolute atomic E-state index is 11.6. The average molecular weight is 579 g/mol. The van der Waals surface area contributed by atoms with Crippen LogP contribution in [-0.2, 0) is 14.0 Å². The molecule has 5 heteroatoms. The maximum Gasteiger partial charge on any atom is 0.308 e. The van der Waals surface area contributed by atoms with Gasteiger partial charge in [0.25, 0.3) is 8.32 Å². The van der Waals surface area contributed by atoms with Crippen molar-refractivity contribution in [3.8, 4) is 0 Å². The van der Waals surface area contributed by atoms with E-state index in [0.29, 0.717) is 18.4 Å². The van der Waals surface area contributed by atoms with Crippen LogP contribution in [0.2, 0.25) is 5.04 Å². The molecule has 226 valence electrons. The first kappa shape index (κ1) is 34.7. The van der Waals surface area contributed by atoms with Gasteiger partial charge in [-0.1, -0.05) is 119 Å². The van der Waals surface area contributed by atoms with E-state index in [1.165, 1.54) is 15.9 Å². The number of aliphatic hydroxyl groups excluding tert-OH is 1. The lowest BCUT2D eigenvalue weighted by Crippen LogP contribution is -2.67. The molecule has 0 heterocycles. The van der Waals surface area contributed by atoms with Crippen LogP contribution in [0.5, 0.6) is 0 Å². The number of hydrogen-bond acceptors (Lipinski definition) is 4. The molecule has 0 amide bonds. The smallest absolute Gasteiger partial charge is 0.308 e. The zero-order valence-corrected chi connectivity index (χ0v) is 27.8. The minimum absolute atomic E-state index is 0.00656. The molecular weight excluding hydrogens is 524 g/mol. The van der Waals surface area contributed by atoms with Gasteiger partial charge >= 0.3 is 5.97 Å². The highest BCUT2D eigenvalue weighted by molar-refractivity contribution is 6.99. The molecule has 0 fully saturated rings. The van der Waals surface area contributed by atoms with Gasteiger partial charge in [-0.2, -0.15) is 0 Å². The summed E-state index contributed by atoms with van der Waals surface area (Å²) in [7, 11) is -2.55. The third-order valence-electron chi connectivity index (χ3n) is 7.97. The Labute approximate surface area is 251 Å². The van der Waals surface area contributed by atoms with Crippen LogP contribution in [-0.4, -0.2) is 38.7 Å². The summed E-state index contributed by atoms with van der Waals surface area (Å²) < 4.78 is 12.2. The first-order valence-electron chi connectivity index (χ1n) is 15.3. The molecule has 2 aromatic carbocycles. The van der Waals surface area contributed by atoms with E-state index in [9.17, 15) is 9.90 Å². The summed E-state index contributed by atoms with van der Waals surface area (Å²) in [5.74, 6) is 0.616. The summed E-state index contributed by atoms with van der Waals surface area (Å²) in [6.45, 7) is 18.7. The highest BCUT2D eigenvalue weighted by Gasteiger charge is 2.50. The number of benzene rings is 2. The third-order valence-corrected chi connectivity index (χ3v) is 13.0. The molecule has 0 aliphatic carbocycles.